The van der Waals surface area contributed by atoms with Crippen LogP contribution in [0.1, 0.15) is 31.7 Å². The molecule has 3 rings (SSSR count). The lowest BCUT2D eigenvalue weighted by atomic mass is 9.93. The molecule has 0 radical (unpaired) electrons. The smallest absolute Gasteiger partial charge is 0.220 e. The summed E-state index contributed by atoms with van der Waals surface area (Å²) in [6, 6.07) is 5.54. The molecule has 2 saturated heterocycles. The number of carbonyl (C=O) groups is 1. The molecule has 0 aromatic heterocycles. The largest absolute Gasteiger partial charge is 0.367 e. The minimum absolute atomic E-state index is 0. The highest BCUT2D eigenvalue weighted by Gasteiger charge is 2.23. The summed E-state index contributed by atoms with van der Waals surface area (Å²) >= 11 is 0. The second-order valence-corrected chi connectivity index (χ2v) is 8.42. The standard InChI is InChI=1S/C23H37FN6O.HI/c1-4-28-11-13-29(14-12-28)21-6-5-19(15-20(21)24)17-27-23(26-3)30-9-7-18(8-10-30)16-22(31)25-2;/h5-6,15,18H,4,7-14,16-17H2,1-3H3,(H,25,31)(H,26,27);1H. The maximum absolute atomic E-state index is 14.8. The van der Waals surface area contributed by atoms with Gasteiger partial charge in [0.05, 0.1) is 5.69 Å². The number of likely N-dealkylation sites (N-methyl/N-ethyl adjacent to an activating group) is 1. The fraction of sp³-hybridized carbons (Fsp3) is 0.652. The predicted molar refractivity (Wildman–Crippen MR) is 139 cm³/mol. The Kier molecular flexibility index (Phi) is 11.0. The Labute approximate surface area is 208 Å². The van der Waals surface area contributed by atoms with E-state index in [0.29, 0.717) is 24.6 Å². The number of benzene rings is 1. The van der Waals surface area contributed by atoms with Gasteiger partial charge in [-0.15, -0.1) is 24.0 Å². The van der Waals surface area contributed by atoms with E-state index < -0.39 is 0 Å². The van der Waals surface area contributed by atoms with Gasteiger partial charge in [-0.1, -0.05) is 13.0 Å². The zero-order valence-corrected chi connectivity index (χ0v) is 21.9. The molecule has 0 aliphatic carbocycles. The van der Waals surface area contributed by atoms with Crippen LogP contribution in [0.4, 0.5) is 10.1 Å². The molecule has 1 amide bonds. The lowest BCUT2D eigenvalue weighted by Crippen LogP contribution is -2.46. The number of nitrogens with one attached hydrogen (secondary N) is 2. The van der Waals surface area contributed by atoms with Gasteiger partial charge in [0.1, 0.15) is 5.82 Å². The minimum atomic E-state index is -0.158. The number of hydrogen-bond donors (Lipinski definition) is 2. The molecule has 2 N–H and O–H groups in total. The fourth-order valence-corrected chi connectivity index (χ4v) is 4.45. The third-order valence-corrected chi connectivity index (χ3v) is 6.50. The van der Waals surface area contributed by atoms with Crippen molar-refractivity contribution in [1.82, 2.24) is 20.4 Å². The molecule has 0 saturated carbocycles. The third-order valence-electron chi connectivity index (χ3n) is 6.50. The summed E-state index contributed by atoms with van der Waals surface area (Å²) in [6.07, 6.45) is 2.54. The zero-order chi connectivity index (χ0) is 22.2. The SMILES string of the molecule is CCN1CCN(c2ccc(CNC(=NC)N3CCC(CC(=O)NC)CC3)cc2F)CC1.I. The van der Waals surface area contributed by atoms with Crippen LogP contribution in [0.3, 0.4) is 0 Å². The number of piperazine rings is 1. The van der Waals surface area contributed by atoms with Crippen LogP contribution in [0.5, 0.6) is 0 Å². The van der Waals surface area contributed by atoms with Gasteiger partial charge in [-0.2, -0.15) is 0 Å². The van der Waals surface area contributed by atoms with Crippen molar-refractivity contribution in [3.63, 3.8) is 0 Å². The summed E-state index contributed by atoms with van der Waals surface area (Å²) in [5.41, 5.74) is 1.60. The van der Waals surface area contributed by atoms with Gasteiger partial charge in [0.15, 0.2) is 5.96 Å². The molecule has 0 bridgehead atoms. The number of anilines is 1. The number of amides is 1. The summed E-state index contributed by atoms with van der Waals surface area (Å²) in [5, 5.41) is 6.08. The zero-order valence-electron chi connectivity index (χ0n) is 19.6. The molecule has 1 aromatic rings. The van der Waals surface area contributed by atoms with Crippen LogP contribution >= 0.6 is 24.0 Å². The first-order chi connectivity index (χ1) is 15.0. The topological polar surface area (TPSA) is 63.2 Å². The molecule has 1 aromatic carbocycles. The Bertz CT molecular complexity index is 761. The Balaban J connectivity index is 0.00000363. The van der Waals surface area contributed by atoms with Crippen molar-refractivity contribution in [3.05, 3.63) is 29.6 Å². The van der Waals surface area contributed by atoms with E-state index in [1.54, 1.807) is 20.2 Å². The molecule has 180 valence electrons. The van der Waals surface area contributed by atoms with Crippen molar-refractivity contribution in [2.45, 2.75) is 32.7 Å². The highest BCUT2D eigenvalue weighted by atomic mass is 127. The molecule has 9 heteroatoms. The van der Waals surface area contributed by atoms with Gasteiger partial charge < -0.3 is 25.3 Å². The number of aliphatic imine (C=N–C) groups is 1. The molecule has 2 fully saturated rings. The fourth-order valence-electron chi connectivity index (χ4n) is 4.45. The minimum Gasteiger partial charge on any atom is -0.367 e. The Morgan fingerprint density at radius 2 is 1.84 bits per heavy atom. The molecule has 32 heavy (non-hydrogen) atoms. The molecule has 7 nitrogen and oxygen atoms in total. The number of hydrogen-bond acceptors (Lipinski definition) is 4. The molecule has 2 heterocycles. The Morgan fingerprint density at radius 1 is 1.16 bits per heavy atom. The van der Waals surface area contributed by atoms with Crippen LogP contribution < -0.4 is 15.5 Å². The van der Waals surface area contributed by atoms with E-state index in [0.717, 1.165) is 70.2 Å². The van der Waals surface area contributed by atoms with Gasteiger partial charge in [0, 0.05) is 66.3 Å². The van der Waals surface area contributed by atoms with Crippen LogP contribution in [0.15, 0.2) is 23.2 Å². The van der Waals surface area contributed by atoms with E-state index in [4.69, 9.17) is 0 Å². The monoisotopic (exact) mass is 560 g/mol. The Hall–Kier alpha value is -1.62. The summed E-state index contributed by atoms with van der Waals surface area (Å²) < 4.78 is 14.8. The van der Waals surface area contributed by atoms with Gasteiger partial charge >= 0.3 is 0 Å². The Morgan fingerprint density at radius 3 is 2.41 bits per heavy atom. The molecular formula is C23H38FIN6O. The summed E-state index contributed by atoms with van der Waals surface area (Å²) in [7, 11) is 3.46. The van der Waals surface area contributed by atoms with Crippen LogP contribution in [0, 0.1) is 11.7 Å². The van der Waals surface area contributed by atoms with E-state index >= 15 is 0 Å². The van der Waals surface area contributed by atoms with E-state index in [1.807, 2.05) is 12.1 Å². The second-order valence-electron chi connectivity index (χ2n) is 8.42. The quantitative estimate of drug-likeness (QED) is 0.318. The maximum Gasteiger partial charge on any atom is 0.220 e. The molecule has 0 unspecified atom stereocenters. The maximum atomic E-state index is 14.8. The lowest BCUT2D eigenvalue weighted by molar-refractivity contribution is -0.121. The lowest BCUT2D eigenvalue weighted by Gasteiger charge is -2.35. The van der Waals surface area contributed by atoms with E-state index in [1.165, 1.54) is 0 Å². The van der Waals surface area contributed by atoms with Crippen LogP contribution in [-0.2, 0) is 11.3 Å². The van der Waals surface area contributed by atoms with Crippen molar-refractivity contribution < 1.29 is 9.18 Å². The van der Waals surface area contributed by atoms with Crippen molar-refractivity contribution >= 4 is 41.5 Å². The van der Waals surface area contributed by atoms with Gasteiger partial charge in [0.25, 0.3) is 0 Å². The van der Waals surface area contributed by atoms with Crippen molar-refractivity contribution in [2.75, 3.05) is 64.8 Å². The number of piperidine rings is 1. The highest BCUT2D eigenvalue weighted by molar-refractivity contribution is 14.0. The van der Waals surface area contributed by atoms with Gasteiger partial charge in [-0.25, -0.2) is 4.39 Å². The summed E-state index contributed by atoms with van der Waals surface area (Å²) in [4.78, 5) is 22.7. The van der Waals surface area contributed by atoms with Gasteiger partial charge in [0.2, 0.25) is 5.91 Å². The number of carbonyl (C=O) groups excluding carboxylic acids is 1. The van der Waals surface area contributed by atoms with Crippen molar-refractivity contribution in [1.29, 1.82) is 0 Å². The van der Waals surface area contributed by atoms with E-state index in [-0.39, 0.29) is 35.7 Å². The highest BCUT2D eigenvalue weighted by Crippen LogP contribution is 2.23. The predicted octanol–water partition coefficient (Wildman–Crippen LogP) is 2.51. The normalized spacial score (nSPS) is 18.3. The van der Waals surface area contributed by atoms with E-state index in [2.05, 4.69) is 37.2 Å². The average molecular weight is 561 g/mol. The van der Waals surface area contributed by atoms with Crippen LogP contribution in [-0.4, -0.2) is 81.6 Å². The number of likely N-dealkylation sites (tertiary alicyclic amines) is 1. The number of nitrogens with zero attached hydrogens (tertiary/aromatic N) is 4. The van der Waals surface area contributed by atoms with Crippen molar-refractivity contribution in [3.8, 4) is 0 Å². The summed E-state index contributed by atoms with van der Waals surface area (Å²) in [6.45, 7) is 9.19. The van der Waals surface area contributed by atoms with Crippen LogP contribution in [0.25, 0.3) is 0 Å². The molecule has 0 spiro atoms. The van der Waals surface area contributed by atoms with E-state index in [9.17, 15) is 9.18 Å². The molecule has 0 atom stereocenters. The number of halogens is 2. The third kappa shape index (κ3) is 7.19. The summed E-state index contributed by atoms with van der Waals surface area (Å²) in [5.74, 6) is 1.21. The first-order valence-corrected chi connectivity index (χ1v) is 11.5. The number of guanidine groups is 1. The number of rotatable bonds is 6. The first-order valence-electron chi connectivity index (χ1n) is 11.5. The van der Waals surface area contributed by atoms with Gasteiger partial charge in [-0.3, -0.25) is 9.79 Å². The molecular weight excluding hydrogens is 522 g/mol. The average Bonchev–Trinajstić information content (AvgIpc) is 2.80. The van der Waals surface area contributed by atoms with Gasteiger partial charge in [-0.05, 0) is 43.0 Å². The molecule has 2 aliphatic rings. The first kappa shape index (κ1) is 26.6. The van der Waals surface area contributed by atoms with Crippen LogP contribution in [0.2, 0.25) is 0 Å². The molecule has 2 aliphatic heterocycles. The van der Waals surface area contributed by atoms with Crippen molar-refractivity contribution in [2.24, 2.45) is 10.9 Å². The second kappa shape index (κ2) is 13.2.